The monoisotopic (exact) mass is 261 g/mol. The molecule has 0 saturated carbocycles. The Kier molecular flexibility index (Phi) is 5.27. The van der Waals surface area contributed by atoms with E-state index in [-0.39, 0.29) is 25.4 Å². The second kappa shape index (κ2) is 6.48. The van der Waals surface area contributed by atoms with Crippen LogP contribution in [0.3, 0.4) is 0 Å². The molecule has 1 unspecified atom stereocenters. The normalized spacial score (nSPS) is 19.1. The lowest BCUT2D eigenvalue weighted by Crippen LogP contribution is -2.41. The van der Waals surface area contributed by atoms with E-state index >= 15 is 0 Å². The van der Waals surface area contributed by atoms with E-state index in [2.05, 4.69) is 0 Å². The smallest absolute Gasteiger partial charge is 0.327 e. The fraction of sp³-hybridized carbons (Fsp3) is 0.700. The van der Waals surface area contributed by atoms with Crippen molar-refractivity contribution < 1.29 is 24.2 Å². The second-order valence-electron chi connectivity index (χ2n) is 3.52. The number of hydrogen-bond acceptors (Lipinski definition) is 5. The molecule has 17 heavy (non-hydrogen) atoms. The summed E-state index contributed by atoms with van der Waals surface area (Å²) in [4.78, 5) is 34.9. The van der Waals surface area contributed by atoms with Crippen molar-refractivity contribution >= 4 is 29.6 Å². The summed E-state index contributed by atoms with van der Waals surface area (Å²) in [6, 6.07) is -0.769. The van der Waals surface area contributed by atoms with Gasteiger partial charge >= 0.3 is 11.9 Å². The lowest BCUT2D eigenvalue weighted by atomic mass is 10.2. The molecule has 7 heteroatoms. The largest absolute Gasteiger partial charge is 0.480 e. The minimum atomic E-state index is -1.00. The SMILES string of the molecule is CCOC(=O)CCC(=O)N1CSCC1C(=O)O. The van der Waals surface area contributed by atoms with Gasteiger partial charge in [-0.05, 0) is 6.92 Å². The van der Waals surface area contributed by atoms with E-state index in [9.17, 15) is 14.4 Å². The molecule has 1 aliphatic heterocycles. The molecule has 0 aromatic carbocycles. The molecule has 1 saturated heterocycles. The van der Waals surface area contributed by atoms with Crippen molar-refractivity contribution in [2.24, 2.45) is 0 Å². The number of nitrogens with zero attached hydrogens (tertiary/aromatic N) is 1. The number of carbonyl (C=O) groups is 3. The first-order valence-electron chi connectivity index (χ1n) is 5.32. The maximum Gasteiger partial charge on any atom is 0.327 e. The van der Waals surface area contributed by atoms with Gasteiger partial charge in [0, 0.05) is 12.2 Å². The van der Waals surface area contributed by atoms with Gasteiger partial charge in [0.25, 0.3) is 0 Å². The Hall–Kier alpha value is -1.24. The Bertz CT molecular complexity index is 320. The van der Waals surface area contributed by atoms with Crippen LogP contribution in [0.1, 0.15) is 19.8 Å². The molecule has 0 aliphatic carbocycles. The van der Waals surface area contributed by atoms with Gasteiger partial charge in [-0.1, -0.05) is 0 Å². The van der Waals surface area contributed by atoms with Crippen LogP contribution in [0.5, 0.6) is 0 Å². The molecule has 1 N–H and O–H groups in total. The lowest BCUT2D eigenvalue weighted by molar-refractivity contribution is -0.149. The molecule has 1 atom stereocenters. The summed E-state index contributed by atoms with van der Waals surface area (Å²) < 4.78 is 4.70. The first-order valence-corrected chi connectivity index (χ1v) is 6.47. The molecule has 1 rings (SSSR count). The van der Waals surface area contributed by atoms with E-state index in [0.29, 0.717) is 11.6 Å². The fourth-order valence-electron chi connectivity index (χ4n) is 1.48. The minimum Gasteiger partial charge on any atom is -0.480 e. The second-order valence-corrected chi connectivity index (χ2v) is 4.52. The van der Waals surface area contributed by atoms with Crippen LogP contribution < -0.4 is 0 Å². The number of rotatable bonds is 5. The van der Waals surface area contributed by atoms with Gasteiger partial charge in [-0.15, -0.1) is 11.8 Å². The molecule has 0 bridgehead atoms. The maximum absolute atomic E-state index is 11.7. The highest BCUT2D eigenvalue weighted by molar-refractivity contribution is 7.99. The molecular formula is C10H15NO5S. The number of carboxylic acids is 1. The van der Waals surface area contributed by atoms with Gasteiger partial charge in [-0.2, -0.15) is 0 Å². The van der Waals surface area contributed by atoms with Crippen LogP contribution in [0.2, 0.25) is 0 Å². The first kappa shape index (κ1) is 13.8. The summed E-state index contributed by atoms with van der Waals surface area (Å²) in [5.41, 5.74) is 0. The van der Waals surface area contributed by atoms with E-state index in [4.69, 9.17) is 9.84 Å². The third-order valence-corrected chi connectivity index (χ3v) is 3.35. The number of hydrogen-bond donors (Lipinski definition) is 1. The van der Waals surface area contributed by atoms with Crippen LogP contribution >= 0.6 is 11.8 Å². The Morgan fingerprint density at radius 1 is 1.41 bits per heavy atom. The molecule has 1 amide bonds. The number of carboxylic acid groups (broad SMARTS) is 1. The standard InChI is InChI=1S/C10H15NO5S/c1-2-16-9(13)4-3-8(12)11-6-17-5-7(11)10(14)15/h7H,2-6H2,1H3,(H,14,15). The first-order chi connectivity index (χ1) is 8.06. The number of carbonyl (C=O) groups excluding carboxylic acids is 2. The summed E-state index contributed by atoms with van der Waals surface area (Å²) in [6.07, 6.45) is 0.00333. The summed E-state index contributed by atoms with van der Waals surface area (Å²) in [5, 5.41) is 8.90. The van der Waals surface area contributed by atoms with Gasteiger partial charge < -0.3 is 14.7 Å². The van der Waals surface area contributed by atoms with E-state index in [1.54, 1.807) is 6.92 Å². The number of ether oxygens (including phenoxy) is 1. The van der Waals surface area contributed by atoms with E-state index in [1.165, 1.54) is 16.7 Å². The van der Waals surface area contributed by atoms with Crippen LogP contribution in [-0.4, -0.2) is 52.1 Å². The van der Waals surface area contributed by atoms with Crippen molar-refractivity contribution in [3.05, 3.63) is 0 Å². The van der Waals surface area contributed by atoms with Crippen molar-refractivity contribution in [2.45, 2.75) is 25.8 Å². The van der Waals surface area contributed by atoms with Crippen LogP contribution in [0, 0.1) is 0 Å². The number of thioether (sulfide) groups is 1. The van der Waals surface area contributed by atoms with Gasteiger partial charge in [0.05, 0.1) is 18.9 Å². The van der Waals surface area contributed by atoms with Crippen molar-refractivity contribution in [1.82, 2.24) is 4.90 Å². The molecule has 0 aromatic rings. The van der Waals surface area contributed by atoms with Crippen molar-refractivity contribution in [3.63, 3.8) is 0 Å². The average Bonchev–Trinajstić information content (AvgIpc) is 2.75. The molecule has 0 spiro atoms. The van der Waals surface area contributed by atoms with Crippen LogP contribution in [0.25, 0.3) is 0 Å². The Labute approximate surface area is 103 Å². The molecule has 1 aliphatic rings. The maximum atomic E-state index is 11.7. The third kappa shape index (κ3) is 3.92. The van der Waals surface area contributed by atoms with Crippen LogP contribution in [0.15, 0.2) is 0 Å². The Morgan fingerprint density at radius 3 is 2.71 bits per heavy atom. The molecule has 1 fully saturated rings. The predicted molar refractivity (Wildman–Crippen MR) is 61.5 cm³/mol. The Morgan fingerprint density at radius 2 is 2.12 bits per heavy atom. The molecule has 1 heterocycles. The summed E-state index contributed by atoms with van der Waals surface area (Å²) in [6.45, 7) is 1.97. The van der Waals surface area contributed by atoms with Gasteiger partial charge in [0.15, 0.2) is 0 Å². The molecule has 0 aromatic heterocycles. The summed E-state index contributed by atoms with van der Waals surface area (Å²) >= 11 is 1.40. The van der Waals surface area contributed by atoms with Gasteiger partial charge in [0.2, 0.25) is 5.91 Å². The zero-order valence-electron chi connectivity index (χ0n) is 9.55. The topological polar surface area (TPSA) is 83.9 Å². The van der Waals surface area contributed by atoms with Crippen molar-refractivity contribution in [1.29, 1.82) is 0 Å². The molecular weight excluding hydrogens is 246 g/mol. The van der Waals surface area contributed by atoms with Gasteiger partial charge in [0.1, 0.15) is 6.04 Å². The fourth-order valence-corrected chi connectivity index (χ4v) is 2.65. The lowest BCUT2D eigenvalue weighted by Gasteiger charge is -2.20. The highest BCUT2D eigenvalue weighted by Crippen LogP contribution is 2.22. The minimum absolute atomic E-state index is 0.000178. The van der Waals surface area contributed by atoms with Crippen LogP contribution in [-0.2, 0) is 19.1 Å². The summed E-state index contributed by atoms with van der Waals surface area (Å²) in [5.74, 6) is -0.964. The summed E-state index contributed by atoms with van der Waals surface area (Å²) in [7, 11) is 0. The molecule has 0 radical (unpaired) electrons. The number of amides is 1. The number of aliphatic carboxylic acids is 1. The molecule has 6 nitrogen and oxygen atoms in total. The Balaban J connectivity index is 2.42. The quantitative estimate of drug-likeness (QED) is 0.717. The highest BCUT2D eigenvalue weighted by Gasteiger charge is 2.34. The zero-order chi connectivity index (χ0) is 12.8. The average molecular weight is 261 g/mol. The highest BCUT2D eigenvalue weighted by atomic mass is 32.2. The van der Waals surface area contributed by atoms with Gasteiger partial charge in [-0.25, -0.2) is 4.79 Å². The predicted octanol–water partition coefficient (Wildman–Crippen LogP) is 0.316. The zero-order valence-corrected chi connectivity index (χ0v) is 10.4. The van der Waals surface area contributed by atoms with Crippen molar-refractivity contribution in [2.75, 3.05) is 18.2 Å². The van der Waals surface area contributed by atoms with Crippen molar-refractivity contribution in [3.8, 4) is 0 Å². The number of esters is 1. The van der Waals surface area contributed by atoms with E-state index < -0.39 is 18.0 Å². The van der Waals surface area contributed by atoms with E-state index in [0.717, 1.165) is 0 Å². The van der Waals surface area contributed by atoms with Crippen LogP contribution in [0.4, 0.5) is 0 Å². The molecule has 96 valence electrons. The van der Waals surface area contributed by atoms with Gasteiger partial charge in [-0.3, -0.25) is 9.59 Å². The van der Waals surface area contributed by atoms with E-state index in [1.807, 2.05) is 0 Å². The third-order valence-electron chi connectivity index (χ3n) is 2.34.